The lowest BCUT2D eigenvalue weighted by Crippen LogP contribution is -2.30. The highest BCUT2D eigenvalue weighted by Gasteiger charge is 2.31. The highest BCUT2D eigenvalue weighted by Crippen LogP contribution is 2.31. The molecule has 31 heavy (non-hydrogen) atoms. The average Bonchev–Trinajstić information content (AvgIpc) is 3.08. The van der Waals surface area contributed by atoms with Gasteiger partial charge in [0.2, 0.25) is 5.88 Å². The van der Waals surface area contributed by atoms with Crippen molar-refractivity contribution < 1.29 is 37.4 Å². The van der Waals surface area contributed by atoms with Gasteiger partial charge in [-0.2, -0.15) is 23.0 Å². The number of alkyl halides is 3. The maximum absolute atomic E-state index is 13.9. The predicted molar refractivity (Wildman–Crippen MR) is 99.1 cm³/mol. The number of hydrogen-bond donors (Lipinski definition) is 3. The summed E-state index contributed by atoms with van der Waals surface area (Å²) >= 11 is 0. The second-order valence-electron chi connectivity index (χ2n) is 6.50. The van der Waals surface area contributed by atoms with Crippen LogP contribution in [0.4, 0.5) is 17.6 Å². The fraction of sp³-hybridized carbons (Fsp3) is 0.150. The maximum Gasteiger partial charge on any atom is 0.416 e. The minimum Gasteiger partial charge on any atom is -0.493 e. The van der Waals surface area contributed by atoms with Gasteiger partial charge in [-0.05, 0) is 29.8 Å². The second-order valence-corrected chi connectivity index (χ2v) is 6.50. The van der Waals surface area contributed by atoms with Crippen LogP contribution in [-0.4, -0.2) is 31.9 Å². The van der Waals surface area contributed by atoms with Crippen LogP contribution in [0.1, 0.15) is 34.1 Å². The van der Waals surface area contributed by atoms with E-state index < -0.39 is 47.8 Å². The molecule has 0 radical (unpaired) electrons. The average molecular weight is 437 g/mol. The third kappa shape index (κ3) is 5.00. The number of carboxylic acid groups (broad SMARTS) is 1. The predicted octanol–water partition coefficient (Wildman–Crippen LogP) is 3.68. The summed E-state index contributed by atoms with van der Waals surface area (Å²) in [5.41, 5.74) is -1.61. The first-order chi connectivity index (χ1) is 14.6. The molecule has 0 aliphatic carbocycles. The summed E-state index contributed by atoms with van der Waals surface area (Å²) in [5, 5.41) is 25.2. The van der Waals surface area contributed by atoms with Crippen molar-refractivity contribution in [2.75, 3.05) is 0 Å². The number of benzene rings is 2. The Morgan fingerprint density at radius 3 is 2.45 bits per heavy atom. The van der Waals surface area contributed by atoms with E-state index >= 15 is 0 Å². The topological polar surface area (TPSA) is 104 Å². The van der Waals surface area contributed by atoms with Crippen LogP contribution in [0, 0.1) is 5.82 Å². The normalized spacial score (nSPS) is 12.4. The Balaban J connectivity index is 1.90. The summed E-state index contributed by atoms with van der Waals surface area (Å²) in [6, 6.07) is 8.83. The van der Waals surface area contributed by atoms with Crippen LogP contribution in [0.5, 0.6) is 5.88 Å². The third-order valence-corrected chi connectivity index (χ3v) is 4.30. The molecule has 0 fully saturated rings. The van der Waals surface area contributed by atoms with E-state index in [1.807, 2.05) is 0 Å². The van der Waals surface area contributed by atoms with Gasteiger partial charge in [-0.3, -0.25) is 9.59 Å². The number of nitrogens with zero attached hydrogens (tertiary/aromatic N) is 2. The van der Waals surface area contributed by atoms with Crippen molar-refractivity contribution in [2.24, 2.45) is 0 Å². The summed E-state index contributed by atoms with van der Waals surface area (Å²) < 4.78 is 53.7. The molecule has 1 amide bonds. The number of nitrogens with one attached hydrogen (secondary N) is 1. The number of aromatic hydroxyl groups is 1. The van der Waals surface area contributed by atoms with Gasteiger partial charge in [-0.1, -0.05) is 24.3 Å². The molecule has 0 saturated carbocycles. The van der Waals surface area contributed by atoms with E-state index in [-0.39, 0.29) is 16.9 Å². The van der Waals surface area contributed by atoms with Crippen molar-refractivity contribution in [3.8, 4) is 11.6 Å². The molecule has 1 aromatic heterocycles. The van der Waals surface area contributed by atoms with Crippen molar-refractivity contribution in [1.82, 2.24) is 15.1 Å². The number of para-hydroxylation sites is 1. The Morgan fingerprint density at radius 1 is 1.10 bits per heavy atom. The maximum atomic E-state index is 13.9. The molecule has 1 heterocycles. The summed E-state index contributed by atoms with van der Waals surface area (Å²) in [5.74, 6) is -3.61. The molecule has 11 heteroatoms. The largest absolute Gasteiger partial charge is 0.493 e. The Hall–Kier alpha value is -3.89. The van der Waals surface area contributed by atoms with Crippen molar-refractivity contribution in [3.63, 3.8) is 0 Å². The second kappa shape index (κ2) is 8.46. The van der Waals surface area contributed by atoms with Gasteiger partial charge in [0.05, 0.1) is 18.0 Å². The highest BCUT2D eigenvalue weighted by atomic mass is 19.4. The van der Waals surface area contributed by atoms with E-state index in [1.165, 1.54) is 24.3 Å². The quantitative estimate of drug-likeness (QED) is 0.511. The summed E-state index contributed by atoms with van der Waals surface area (Å²) in [4.78, 5) is 23.8. The molecule has 0 aliphatic rings. The Labute approximate surface area is 172 Å². The van der Waals surface area contributed by atoms with Crippen LogP contribution in [0.3, 0.4) is 0 Å². The first-order valence-corrected chi connectivity index (χ1v) is 8.80. The fourth-order valence-electron chi connectivity index (χ4n) is 2.87. The fourth-order valence-corrected chi connectivity index (χ4v) is 2.87. The van der Waals surface area contributed by atoms with Gasteiger partial charge < -0.3 is 15.5 Å². The van der Waals surface area contributed by atoms with Gasteiger partial charge in [-0.25, -0.2) is 4.39 Å². The minimum atomic E-state index is -4.65. The molecule has 3 rings (SSSR count). The van der Waals surface area contributed by atoms with Crippen LogP contribution in [0.15, 0.2) is 54.6 Å². The first-order valence-electron chi connectivity index (χ1n) is 8.80. The van der Waals surface area contributed by atoms with Crippen LogP contribution < -0.4 is 5.32 Å². The molecular weight excluding hydrogens is 422 g/mol. The number of aromatic nitrogens is 2. The molecule has 0 saturated heterocycles. The third-order valence-electron chi connectivity index (χ3n) is 4.30. The molecular formula is C20H15F4N3O4. The molecule has 0 spiro atoms. The number of hydrogen-bond acceptors (Lipinski definition) is 4. The minimum absolute atomic E-state index is 0.0802. The van der Waals surface area contributed by atoms with Crippen LogP contribution in [0.2, 0.25) is 0 Å². The molecule has 2 aromatic carbocycles. The molecule has 3 aromatic rings. The number of aliphatic carboxylic acids is 1. The molecule has 1 atom stereocenters. The molecule has 3 N–H and O–H groups in total. The summed E-state index contributed by atoms with van der Waals surface area (Å²) in [7, 11) is 0. The van der Waals surface area contributed by atoms with Crippen LogP contribution >= 0.6 is 0 Å². The van der Waals surface area contributed by atoms with Gasteiger partial charge in [0.15, 0.2) is 5.69 Å². The van der Waals surface area contributed by atoms with E-state index in [4.69, 9.17) is 5.11 Å². The van der Waals surface area contributed by atoms with Gasteiger partial charge in [-0.15, -0.1) is 0 Å². The number of rotatable bonds is 6. The molecule has 7 nitrogen and oxygen atoms in total. The number of carboxylic acids is 1. The van der Waals surface area contributed by atoms with Gasteiger partial charge in [0, 0.05) is 6.07 Å². The summed E-state index contributed by atoms with van der Waals surface area (Å²) in [6.07, 6.45) is -5.36. The lowest BCUT2D eigenvalue weighted by atomic mass is 10.0. The standard InChI is InChI=1S/C20H15F4N3O4/c21-13-6-1-2-7-16(13)27-17(28)9-15(26-27)19(31)25-14(10-18(29)30)11-4-3-5-12(8-11)20(22,23)24/h1-9,14,28H,10H2,(H,25,31)(H,29,30). The summed E-state index contributed by atoms with van der Waals surface area (Å²) in [6.45, 7) is 0. The molecule has 162 valence electrons. The van der Waals surface area contributed by atoms with Gasteiger partial charge in [0.25, 0.3) is 5.91 Å². The SMILES string of the molecule is O=C(O)CC(NC(=O)c1cc(O)n(-c2ccccc2F)n1)c1cccc(C(F)(F)F)c1. The van der Waals surface area contributed by atoms with Crippen LogP contribution in [-0.2, 0) is 11.0 Å². The van der Waals surface area contributed by atoms with Crippen LogP contribution in [0.25, 0.3) is 5.69 Å². The van der Waals surface area contributed by atoms with Crippen molar-refractivity contribution in [2.45, 2.75) is 18.6 Å². The zero-order valence-electron chi connectivity index (χ0n) is 15.6. The van der Waals surface area contributed by atoms with Crippen molar-refractivity contribution in [3.05, 3.63) is 77.2 Å². The van der Waals surface area contributed by atoms with Gasteiger partial charge in [0.1, 0.15) is 11.5 Å². The smallest absolute Gasteiger partial charge is 0.416 e. The van der Waals surface area contributed by atoms with Crippen molar-refractivity contribution >= 4 is 11.9 Å². The van der Waals surface area contributed by atoms with E-state index in [0.29, 0.717) is 0 Å². The zero-order chi connectivity index (χ0) is 22.8. The Bertz CT molecular complexity index is 1130. The highest BCUT2D eigenvalue weighted by molar-refractivity contribution is 5.93. The number of carbonyl (C=O) groups excluding carboxylic acids is 1. The van der Waals surface area contributed by atoms with Crippen molar-refractivity contribution in [1.29, 1.82) is 0 Å². The Kier molecular flexibility index (Phi) is 5.95. The van der Waals surface area contributed by atoms with E-state index in [2.05, 4.69) is 10.4 Å². The first kappa shape index (κ1) is 21.8. The van der Waals surface area contributed by atoms with E-state index in [1.54, 1.807) is 0 Å². The number of halogens is 4. The zero-order valence-corrected chi connectivity index (χ0v) is 15.6. The lowest BCUT2D eigenvalue weighted by molar-refractivity contribution is -0.138. The number of carbonyl (C=O) groups is 2. The number of amides is 1. The molecule has 1 unspecified atom stereocenters. The molecule has 0 aliphatic heterocycles. The lowest BCUT2D eigenvalue weighted by Gasteiger charge is -2.18. The monoisotopic (exact) mass is 437 g/mol. The Morgan fingerprint density at radius 2 is 1.81 bits per heavy atom. The van der Waals surface area contributed by atoms with Gasteiger partial charge >= 0.3 is 12.1 Å². The molecule has 0 bridgehead atoms. The van der Waals surface area contributed by atoms with E-state index in [0.717, 1.165) is 35.0 Å². The van der Waals surface area contributed by atoms with E-state index in [9.17, 15) is 32.3 Å².